The van der Waals surface area contributed by atoms with Crippen LogP contribution in [0.25, 0.3) is 5.65 Å². The van der Waals surface area contributed by atoms with Crippen LogP contribution in [0.5, 0.6) is 0 Å². The summed E-state index contributed by atoms with van der Waals surface area (Å²) in [5.74, 6) is 1.40. The van der Waals surface area contributed by atoms with Gasteiger partial charge in [0.25, 0.3) is 0 Å². The minimum atomic E-state index is 0.549. The van der Waals surface area contributed by atoms with Crippen LogP contribution in [0.3, 0.4) is 0 Å². The zero-order valence-corrected chi connectivity index (χ0v) is 10.1. The third-order valence-corrected chi connectivity index (χ3v) is 2.36. The zero-order chi connectivity index (χ0) is 12.3. The second kappa shape index (κ2) is 5.05. The lowest BCUT2D eigenvalue weighted by Gasteiger charge is -2.24. The van der Waals surface area contributed by atoms with Gasteiger partial charge in [0, 0.05) is 19.6 Å². The first-order valence-electron chi connectivity index (χ1n) is 5.71. The maximum Gasteiger partial charge on any atom is 0.200 e. The Morgan fingerprint density at radius 3 is 2.94 bits per heavy atom. The van der Waals surface area contributed by atoms with E-state index in [-0.39, 0.29) is 0 Å². The molecule has 2 heterocycles. The number of anilines is 1. The molecule has 0 saturated heterocycles. The van der Waals surface area contributed by atoms with Crippen molar-refractivity contribution in [2.75, 3.05) is 24.5 Å². The standard InChI is InChI=1S/C10H17N7/c1-8(2)7-16(6-5-11)10-4-3-9-12-14-15-17(9)13-10/h3-4,8H,5-7,11H2,1-2H3. The highest BCUT2D eigenvalue weighted by Gasteiger charge is 2.10. The maximum absolute atomic E-state index is 5.62. The average Bonchev–Trinajstić information content (AvgIpc) is 2.74. The molecule has 0 aromatic carbocycles. The summed E-state index contributed by atoms with van der Waals surface area (Å²) in [7, 11) is 0. The Hall–Kier alpha value is -1.76. The highest BCUT2D eigenvalue weighted by atomic mass is 15.6. The fourth-order valence-corrected chi connectivity index (χ4v) is 1.70. The number of hydrogen-bond donors (Lipinski definition) is 1. The minimum absolute atomic E-state index is 0.549. The van der Waals surface area contributed by atoms with Gasteiger partial charge in [-0.15, -0.1) is 14.8 Å². The summed E-state index contributed by atoms with van der Waals surface area (Å²) < 4.78 is 1.43. The van der Waals surface area contributed by atoms with Gasteiger partial charge in [0.05, 0.1) is 0 Å². The van der Waals surface area contributed by atoms with Crippen LogP contribution in [0.4, 0.5) is 5.82 Å². The number of nitrogens with two attached hydrogens (primary N) is 1. The van der Waals surface area contributed by atoms with Gasteiger partial charge in [0.2, 0.25) is 0 Å². The van der Waals surface area contributed by atoms with E-state index in [1.54, 1.807) is 0 Å². The van der Waals surface area contributed by atoms with E-state index in [0.29, 0.717) is 18.1 Å². The van der Waals surface area contributed by atoms with Crippen LogP contribution in [0.15, 0.2) is 12.1 Å². The summed E-state index contributed by atoms with van der Waals surface area (Å²) in [4.78, 5) is 2.14. The Balaban J connectivity index is 2.26. The predicted molar refractivity (Wildman–Crippen MR) is 64.7 cm³/mol. The fourth-order valence-electron chi connectivity index (χ4n) is 1.70. The van der Waals surface area contributed by atoms with E-state index < -0.39 is 0 Å². The van der Waals surface area contributed by atoms with Crippen LogP contribution in [-0.4, -0.2) is 44.9 Å². The molecule has 17 heavy (non-hydrogen) atoms. The lowest BCUT2D eigenvalue weighted by molar-refractivity contribution is 0.599. The molecular weight excluding hydrogens is 218 g/mol. The third-order valence-electron chi connectivity index (χ3n) is 2.36. The monoisotopic (exact) mass is 235 g/mol. The molecule has 0 aliphatic carbocycles. The van der Waals surface area contributed by atoms with E-state index in [2.05, 4.69) is 39.4 Å². The van der Waals surface area contributed by atoms with Crippen molar-refractivity contribution in [3.05, 3.63) is 12.1 Å². The molecule has 2 aromatic rings. The minimum Gasteiger partial charge on any atom is -0.354 e. The molecule has 2 aromatic heterocycles. The summed E-state index contributed by atoms with van der Waals surface area (Å²) in [6, 6.07) is 3.77. The second-order valence-corrected chi connectivity index (χ2v) is 4.35. The molecular formula is C10H17N7. The molecule has 7 nitrogen and oxygen atoms in total. The van der Waals surface area contributed by atoms with Crippen LogP contribution >= 0.6 is 0 Å². The first-order valence-corrected chi connectivity index (χ1v) is 5.71. The molecule has 92 valence electrons. The number of rotatable bonds is 5. The van der Waals surface area contributed by atoms with Gasteiger partial charge < -0.3 is 10.6 Å². The van der Waals surface area contributed by atoms with Crippen molar-refractivity contribution in [3.63, 3.8) is 0 Å². The van der Waals surface area contributed by atoms with Crippen LogP contribution in [-0.2, 0) is 0 Å². The molecule has 0 radical (unpaired) electrons. The Morgan fingerprint density at radius 2 is 2.24 bits per heavy atom. The van der Waals surface area contributed by atoms with Crippen LogP contribution in [0.2, 0.25) is 0 Å². The molecule has 0 atom stereocenters. The van der Waals surface area contributed by atoms with E-state index in [4.69, 9.17) is 5.73 Å². The molecule has 0 saturated carbocycles. The Bertz CT molecular complexity index is 478. The fraction of sp³-hybridized carbons (Fsp3) is 0.600. The van der Waals surface area contributed by atoms with E-state index >= 15 is 0 Å². The van der Waals surface area contributed by atoms with Crippen molar-refractivity contribution in [2.45, 2.75) is 13.8 Å². The third kappa shape index (κ3) is 2.68. The molecule has 2 N–H and O–H groups in total. The van der Waals surface area contributed by atoms with Gasteiger partial charge in [-0.2, -0.15) is 0 Å². The van der Waals surface area contributed by atoms with Crippen molar-refractivity contribution < 1.29 is 0 Å². The van der Waals surface area contributed by atoms with Crippen LogP contribution < -0.4 is 10.6 Å². The van der Waals surface area contributed by atoms with Crippen molar-refractivity contribution in [3.8, 4) is 0 Å². The van der Waals surface area contributed by atoms with E-state index in [1.807, 2.05) is 12.1 Å². The summed E-state index contributed by atoms with van der Waals surface area (Å²) in [6.07, 6.45) is 0. The van der Waals surface area contributed by atoms with E-state index in [1.165, 1.54) is 4.63 Å². The van der Waals surface area contributed by atoms with Crippen molar-refractivity contribution in [1.29, 1.82) is 0 Å². The van der Waals surface area contributed by atoms with E-state index in [9.17, 15) is 0 Å². The van der Waals surface area contributed by atoms with Gasteiger partial charge in [-0.25, -0.2) is 0 Å². The summed E-state index contributed by atoms with van der Waals surface area (Å²) >= 11 is 0. The second-order valence-electron chi connectivity index (χ2n) is 4.35. The predicted octanol–water partition coefficient (Wildman–Crippen LogP) is -0.0596. The molecule has 0 unspecified atom stereocenters. The molecule has 0 aliphatic heterocycles. The largest absolute Gasteiger partial charge is 0.354 e. The van der Waals surface area contributed by atoms with Crippen LogP contribution in [0, 0.1) is 5.92 Å². The molecule has 0 aliphatic rings. The topological polar surface area (TPSA) is 85.2 Å². The van der Waals surface area contributed by atoms with Crippen molar-refractivity contribution in [2.24, 2.45) is 11.7 Å². The van der Waals surface area contributed by atoms with Gasteiger partial charge in [0.15, 0.2) is 11.5 Å². The Labute approximate surface area is 99.6 Å². The van der Waals surface area contributed by atoms with Gasteiger partial charge >= 0.3 is 0 Å². The SMILES string of the molecule is CC(C)CN(CCN)c1ccc2nnnn2n1. The number of tetrazole rings is 1. The number of hydrogen-bond acceptors (Lipinski definition) is 6. The van der Waals surface area contributed by atoms with E-state index in [0.717, 1.165) is 18.9 Å². The first-order chi connectivity index (χ1) is 8.20. The molecule has 0 spiro atoms. The first kappa shape index (κ1) is 11.7. The molecule has 0 amide bonds. The Morgan fingerprint density at radius 1 is 1.41 bits per heavy atom. The molecule has 7 heteroatoms. The normalized spacial score (nSPS) is 11.3. The van der Waals surface area contributed by atoms with Crippen molar-refractivity contribution >= 4 is 11.5 Å². The average molecular weight is 235 g/mol. The zero-order valence-electron chi connectivity index (χ0n) is 10.1. The molecule has 2 rings (SSSR count). The maximum atomic E-state index is 5.62. The van der Waals surface area contributed by atoms with Gasteiger partial charge in [-0.05, 0) is 28.5 Å². The smallest absolute Gasteiger partial charge is 0.200 e. The van der Waals surface area contributed by atoms with Gasteiger partial charge in [-0.1, -0.05) is 13.8 Å². The van der Waals surface area contributed by atoms with Crippen molar-refractivity contribution in [1.82, 2.24) is 25.3 Å². The lowest BCUT2D eigenvalue weighted by Crippen LogP contribution is -2.33. The molecule has 0 bridgehead atoms. The quantitative estimate of drug-likeness (QED) is 0.781. The molecule has 0 fully saturated rings. The highest BCUT2D eigenvalue weighted by Crippen LogP contribution is 2.12. The Kier molecular flexibility index (Phi) is 3.48. The van der Waals surface area contributed by atoms with Gasteiger partial charge in [-0.3, -0.25) is 0 Å². The number of fused-ring (bicyclic) bond motifs is 1. The number of aromatic nitrogens is 5. The summed E-state index contributed by atoms with van der Waals surface area (Å²) in [5.41, 5.74) is 6.26. The highest BCUT2D eigenvalue weighted by molar-refractivity contribution is 5.44. The number of nitrogens with zero attached hydrogens (tertiary/aromatic N) is 6. The summed E-state index contributed by atoms with van der Waals surface area (Å²) in [6.45, 7) is 6.62. The van der Waals surface area contributed by atoms with Crippen LogP contribution in [0.1, 0.15) is 13.8 Å². The summed E-state index contributed by atoms with van der Waals surface area (Å²) in [5, 5.41) is 15.5. The lowest BCUT2D eigenvalue weighted by atomic mass is 10.2. The van der Waals surface area contributed by atoms with Gasteiger partial charge in [0.1, 0.15) is 0 Å².